The predicted octanol–water partition coefficient (Wildman–Crippen LogP) is 4.18. The molecule has 0 aliphatic rings. The van der Waals surface area contributed by atoms with Gasteiger partial charge in [-0.2, -0.15) is 0 Å². The Kier molecular flexibility index (Phi) is 8.20. The van der Waals surface area contributed by atoms with Gasteiger partial charge in [-0.3, -0.25) is 0 Å². The Morgan fingerprint density at radius 3 is 2.41 bits per heavy atom. The first-order valence-corrected chi connectivity index (χ1v) is 8.91. The molecule has 146 valence electrons. The summed E-state index contributed by atoms with van der Waals surface area (Å²) >= 11 is 0. The maximum atomic E-state index is 14.2. The molecule has 0 fully saturated rings. The second-order valence-electron chi connectivity index (χ2n) is 6.32. The molecule has 27 heavy (non-hydrogen) atoms. The Morgan fingerprint density at radius 2 is 1.74 bits per heavy atom. The largest absolute Gasteiger partial charge is 0.486 e. The number of ether oxygens (including phenoxy) is 2. The Labute approximate surface area is 157 Å². The third-order valence-corrected chi connectivity index (χ3v) is 4.22. The van der Waals surface area contributed by atoms with Crippen LogP contribution in [0.1, 0.15) is 36.8 Å². The zero-order chi connectivity index (χ0) is 19.6. The highest BCUT2D eigenvalue weighted by Gasteiger charge is 2.14. The second kappa shape index (κ2) is 10.6. The fraction of sp³-hybridized carbons (Fsp3) is 0.381. The summed E-state index contributed by atoms with van der Waals surface area (Å²) in [5.74, 6) is -1.22. The average molecular weight is 378 g/mol. The fourth-order valence-electron chi connectivity index (χ4n) is 2.66. The highest BCUT2D eigenvalue weighted by molar-refractivity contribution is 5.74. The van der Waals surface area contributed by atoms with E-state index in [0.717, 1.165) is 24.0 Å². The monoisotopic (exact) mass is 378 g/mol. The summed E-state index contributed by atoms with van der Waals surface area (Å²) in [7, 11) is 1.24. The highest BCUT2D eigenvalue weighted by Crippen LogP contribution is 2.21. The van der Waals surface area contributed by atoms with Crippen LogP contribution in [0.2, 0.25) is 0 Å². The van der Waals surface area contributed by atoms with Crippen molar-refractivity contribution < 1.29 is 28.2 Å². The van der Waals surface area contributed by atoms with Gasteiger partial charge in [0.2, 0.25) is 0 Å². The molecule has 1 atom stereocenters. The van der Waals surface area contributed by atoms with Crippen molar-refractivity contribution in [3.63, 3.8) is 0 Å². The summed E-state index contributed by atoms with van der Waals surface area (Å²) in [6.07, 6.45) is 2.31. The van der Waals surface area contributed by atoms with Gasteiger partial charge in [0.25, 0.3) is 0 Å². The molecule has 6 heteroatoms. The minimum atomic E-state index is -1.08. The number of aliphatic hydroxyl groups excluding tert-OH is 1. The van der Waals surface area contributed by atoms with Crippen molar-refractivity contribution in [3.05, 3.63) is 65.2 Å². The molecule has 0 heterocycles. The van der Waals surface area contributed by atoms with Crippen molar-refractivity contribution in [3.8, 4) is 5.75 Å². The van der Waals surface area contributed by atoms with E-state index >= 15 is 0 Å². The van der Waals surface area contributed by atoms with Gasteiger partial charge in [0.05, 0.1) is 7.11 Å². The molecular weight excluding hydrogens is 354 g/mol. The lowest BCUT2D eigenvalue weighted by Crippen LogP contribution is -2.21. The van der Waals surface area contributed by atoms with Crippen LogP contribution < -0.4 is 4.74 Å². The topological polar surface area (TPSA) is 55.8 Å². The van der Waals surface area contributed by atoms with E-state index in [-0.39, 0.29) is 18.2 Å². The molecule has 0 aliphatic heterocycles. The van der Waals surface area contributed by atoms with Crippen molar-refractivity contribution in [1.29, 1.82) is 0 Å². The molecule has 0 aromatic heterocycles. The van der Waals surface area contributed by atoms with E-state index in [1.165, 1.54) is 25.3 Å². The molecule has 0 aliphatic carbocycles. The fourth-order valence-corrected chi connectivity index (χ4v) is 2.66. The highest BCUT2D eigenvalue weighted by atomic mass is 19.1. The number of rotatable bonds is 10. The van der Waals surface area contributed by atoms with Gasteiger partial charge in [-0.05, 0) is 54.7 Å². The normalized spacial score (nSPS) is 11.9. The van der Waals surface area contributed by atoms with Crippen LogP contribution in [-0.2, 0) is 22.6 Å². The first-order valence-electron chi connectivity index (χ1n) is 8.91. The molecule has 0 bridgehead atoms. The first-order chi connectivity index (χ1) is 13.0. The molecule has 2 aromatic rings. The van der Waals surface area contributed by atoms with Gasteiger partial charge >= 0.3 is 5.97 Å². The number of carbonyl (C=O) groups is 1. The third-order valence-electron chi connectivity index (χ3n) is 4.22. The minimum Gasteiger partial charge on any atom is -0.486 e. The second-order valence-corrected chi connectivity index (χ2v) is 6.32. The van der Waals surface area contributed by atoms with Crippen molar-refractivity contribution in [1.82, 2.24) is 0 Å². The number of hydrogen-bond acceptors (Lipinski definition) is 4. The molecule has 0 amide bonds. The van der Waals surface area contributed by atoms with E-state index in [1.54, 1.807) is 18.2 Å². The van der Waals surface area contributed by atoms with Gasteiger partial charge in [0, 0.05) is 0 Å². The maximum absolute atomic E-state index is 14.2. The van der Waals surface area contributed by atoms with Crippen LogP contribution in [0.15, 0.2) is 42.5 Å². The van der Waals surface area contributed by atoms with E-state index in [2.05, 4.69) is 4.74 Å². The van der Waals surface area contributed by atoms with Gasteiger partial charge in [-0.25, -0.2) is 13.6 Å². The number of halogens is 2. The molecule has 2 rings (SSSR count). The molecule has 0 saturated heterocycles. The van der Waals surface area contributed by atoms with Gasteiger partial charge in [-0.1, -0.05) is 31.0 Å². The lowest BCUT2D eigenvalue weighted by molar-refractivity contribution is -0.150. The van der Waals surface area contributed by atoms with Crippen LogP contribution in [0.25, 0.3) is 0 Å². The molecule has 1 N–H and O–H groups in total. The minimum absolute atomic E-state index is 0.157. The van der Waals surface area contributed by atoms with Crippen LogP contribution in [0.4, 0.5) is 8.78 Å². The summed E-state index contributed by atoms with van der Waals surface area (Å²) in [4.78, 5) is 11.1. The van der Waals surface area contributed by atoms with Gasteiger partial charge in [0.1, 0.15) is 12.4 Å². The number of unbranched alkanes of at least 4 members (excludes halogenated alkanes) is 2. The Bertz CT molecular complexity index is 731. The molecule has 2 aromatic carbocycles. The maximum Gasteiger partial charge on any atom is 0.334 e. The van der Waals surface area contributed by atoms with Crippen LogP contribution in [0.3, 0.4) is 0 Å². The molecule has 1 unspecified atom stereocenters. The van der Waals surface area contributed by atoms with Crippen LogP contribution >= 0.6 is 0 Å². The van der Waals surface area contributed by atoms with E-state index < -0.39 is 17.9 Å². The van der Waals surface area contributed by atoms with E-state index in [0.29, 0.717) is 19.3 Å². The third kappa shape index (κ3) is 6.98. The Balaban J connectivity index is 1.74. The number of hydrogen-bond donors (Lipinski definition) is 1. The molecule has 0 spiro atoms. The molecule has 0 radical (unpaired) electrons. The zero-order valence-corrected chi connectivity index (χ0v) is 15.3. The van der Waals surface area contributed by atoms with Crippen molar-refractivity contribution in [2.45, 2.75) is 44.8 Å². The number of methoxy groups -OCH3 is 1. The number of carbonyl (C=O) groups excluding carboxylic acids is 1. The van der Waals surface area contributed by atoms with Crippen molar-refractivity contribution in [2.75, 3.05) is 7.11 Å². The Morgan fingerprint density at radius 1 is 1.04 bits per heavy atom. The number of aliphatic hydroxyl groups is 1. The van der Waals surface area contributed by atoms with Gasteiger partial charge < -0.3 is 14.6 Å². The number of esters is 1. The standard InChI is InChI=1S/C21H24F2O4/c1-26-21(25)19(24)6-4-2-3-5-15-9-12-20(18(23)13-15)27-14-16-7-10-17(22)11-8-16/h7-13,19,24H,2-6,14H2,1H3. The van der Waals surface area contributed by atoms with Gasteiger partial charge in [-0.15, -0.1) is 0 Å². The van der Waals surface area contributed by atoms with Crippen LogP contribution in [0, 0.1) is 11.6 Å². The molecular formula is C21H24F2O4. The average Bonchev–Trinajstić information content (AvgIpc) is 2.67. The van der Waals surface area contributed by atoms with E-state index in [4.69, 9.17) is 4.74 Å². The van der Waals surface area contributed by atoms with E-state index in [9.17, 15) is 18.7 Å². The first kappa shape index (κ1) is 20.8. The summed E-state index contributed by atoms with van der Waals surface area (Å²) in [6.45, 7) is 0.166. The lowest BCUT2D eigenvalue weighted by Gasteiger charge is -2.10. The summed E-state index contributed by atoms with van der Waals surface area (Å²) in [6, 6.07) is 10.7. The van der Waals surface area contributed by atoms with Crippen molar-refractivity contribution in [2.24, 2.45) is 0 Å². The van der Waals surface area contributed by atoms with E-state index in [1.807, 2.05) is 6.07 Å². The summed E-state index contributed by atoms with van der Waals surface area (Å²) in [5, 5.41) is 9.49. The lowest BCUT2D eigenvalue weighted by atomic mass is 10.0. The Hall–Kier alpha value is -2.47. The number of aryl methyl sites for hydroxylation is 1. The molecule has 4 nitrogen and oxygen atoms in total. The van der Waals surface area contributed by atoms with Gasteiger partial charge in [0.15, 0.2) is 17.7 Å². The summed E-state index contributed by atoms with van der Waals surface area (Å²) < 4.78 is 36.9. The van der Waals surface area contributed by atoms with Crippen LogP contribution in [0.5, 0.6) is 5.75 Å². The SMILES string of the molecule is COC(=O)C(O)CCCCCc1ccc(OCc2ccc(F)cc2)c(F)c1. The summed E-state index contributed by atoms with van der Waals surface area (Å²) in [5.41, 5.74) is 1.61. The van der Waals surface area contributed by atoms with Crippen molar-refractivity contribution >= 4 is 5.97 Å². The zero-order valence-electron chi connectivity index (χ0n) is 15.3. The molecule has 0 saturated carbocycles. The quantitative estimate of drug-likeness (QED) is 0.498. The van der Waals surface area contributed by atoms with Crippen LogP contribution in [-0.4, -0.2) is 24.3 Å². The smallest absolute Gasteiger partial charge is 0.334 e. The predicted molar refractivity (Wildman–Crippen MR) is 97.3 cm³/mol. The number of benzene rings is 2.